The van der Waals surface area contributed by atoms with Crippen molar-refractivity contribution in [3.8, 4) is 0 Å². The van der Waals surface area contributed by atoms with Gasteiger partial charge in [-0.2, -0.15) is 0 Å². The highest BCUT2D eigenvalue weighted by molar-refractivity contribution is 5.95. The van der Waals surface area contributed by atoms with Crippen molar-refractivity contribution < 1.29 is 18.7 Å². The molecule has 25 heavy (non-hydrogen) atoms. The molecule has 1 aromatic rings. The molecule has 138 valence electrons. The van der Waals surface area contributed by atoms with Gasteiger partial charge in [0.05, 0.1) is 19.0 Å². The molecule has 0 radical (unpaired) electrons. The van der Waals surface area contributed by atoms with Crippen molar-refractivity contribution in [3.05, 3.63) is 24.2 Å². The molecule has 2 atom stereocenters. The summed E-state index contributed by atoms with van der Waals surface area (Å²) in [6.45, 7) is 6.80. The van der Waals surface area contributed by atoms with Crippen LogP contribution in [0.15, 0.2) is 22.8 Å². The molecule has 0 aromatic carbocycles. The van der Waals surface area contributed by atoms with E-state index in [-0.39, 0.29) is 29.6 Å². The van der Waals surface area contributed by atoms with Gasteiger partial charge in [0.1, 0.15) is 6.04 Å². The number of carbonyl (C=O) groups is 2. The molecule has 1 aromatic heterocycles. The Balaban J connectivity index is 1.49. The molecule has 0 bridgehead atoms. The van der Waals surface area contributed by atoms with Crippen LogP contribution in [-0.4, -0.2) is 61.1 Å². The lowest BCUT2D eigenvalue weighted by Gasteiger charge is -2.33. The maximum Gasteiger partial charge on any atom is 0.287 e. The van der Waals surface area contributed by atoms with E-state index in [4.69, 9.17) is 9.15 Å². The van der Waals surface area contributed by atoms with E-state index in [9.17, 15) is 9.59 Å². The van der Waals surface area contributed by atoms with E-state index in [2.05, 4.69) is 15.5 Å². The van der Waals surface area contributed by atoms with Crippen LogP contribution in [0.5, 0.6) is 0 Å². The lowest BCUT2D eigenvalue weighted by atomic mass is 10.0. The number of furan rings is 1. The van der Waals surface area contributed by atoms with Gasteiger partial charge in [-0.1, -0.05) is 13.8 Å². The minimum Gasteiger partial charge on any atom is -0.459 e. The Labute approximate surface area is 148 Å². The van der Waals surface area contributed by atoms with Crippen LogP contribution in [0.2, 0.25) is 0 Å². The van der Waals surface area contributed by atoms with E-state index < -0.39 is 6.04 Å². The van der Waals surface area contributed by atoms with Gasteiger partial charge in [-0.25, -0.2) is 0 Å². The SMILES string of the molecule is CC(C)C(NC(=O)c1ccco1)C(=O)NCC1CN(C2CC2)CCO1. The van der Waals surface area contributed by atoms with Gasteiger partial charge in [0.25, 0.3) is 5.91 Å². The Bertz CT molecular complexity index is 583. The molecule has 2 heterocycles. The summed E-state index contributed by atoms with van der Waals surface area (Å²) in [5.74, 6) is -0.405. The maximum atomic E-state index is 12.5. The van der Waals surface area contributed by atoms with Gasteiger partial charge in [-0.05, 0) is 30.9 Å². The normalized spacial score (nSPS) is 22.6. The first-order chi connectivity index (χ1) is 12.0. The molecule has 1 saturated carbocycles. The highest BCUT2D eigenvalue weighted by Crippen LogP contribution is 2.28. The fraction of sp³-hybridized carbons (Fsp3) is 0.667. The van der Waals surface area contributed by atoms with Crippen molar-refractivity contribution in [1.82, 2.24) is 15.5 Å². The third-order valence-corrected chi connectivity index (χ3v) is 4.72. The summed E-state index contributed by atoms with van der Waals surface area (Å²) in [7, 11) is 0. The Kier molecular flexibility index (Phi) is 5.75. The predicted molar refractivity (Wildman–Crippen MR) is 92.1 cm³/mol. The van der Waals surface area contributed by atoms with Crippen molar-refractivity contribution in [1.29, 1.82) is 0 Å². The number of hydrogen-bond donors (Lipinski definition) is 2. The number of rotatable bonds is 7. The minimum absolute atomic E-state index is 0.00638. The Morgan fingerprint density at radius 2 is 2.16 bits per heavy atom. The van der Waals surface area contributed by atoms with Crippen LogP contribution >= 0.6 is 0 Å². The van der Waals surface area contributed by atoms with Crippen LogP contribution in [0.3, 0.4) is 0 Å². The third-order valence-electron chi connectivity index (χ3n) is 4.72. The van der Waals surface area contributed by atoms with Gasteiger partial charge >= 0.3 is 0 Å². The van der Waals surface area contributed by atoms with E-state index >= 15 is 0 Å². The number of amides is 2. The second-order valence-electron chi connectivity index (χ2n) is 7.14. The summed E-state index contributed by atoms with van der Waals surface area (Å²) in [4.78, 5) is 27.1. The molecular formula is C18H27N3O4. The largest absolute Gasteiger partial charge is 0.459 e. The first-order valence-corrected chi connectivity index (χ1v) is 9.02. The zero-order valence-electron chi connectivity index (χ0n) is 14.9. The van der Waals surface area contributed by atoms with Crippen LogP contribution in [0.25, 0.3) is 0 Å². The summed E-state index contributed by atoms with van der Waals surface area (Å²) in [5, 5.41) is 5.68. The predicted octanol–water partition coefficient (Wildman–Crippen LogP) is 1.01. The molecule has 7 heteroatoms. The Morgan fingerprint density at radius 1 is 1.36 bits per heavy atom. The number of ether oxygens (including phenoxy) is 1. The second-order valence-corrected chi connectivity index (χ2v) is 7.14. The van der Waals surface area contributed by atoms with Gasteiger partial charge in [-0.3, -0.25) is 14.5 Å². The fourth-order valence-electron chi connectivity index (χ4n) is 3.12. The van der Waals surface area contributed by atoms with Gasteiger partial charge in [-0.15, -0.1) is 0 Å². The standard InChI is InChI=1S/C18H27N3O4/c1-12(2)16(20-17(22)15-4-3-8-25-15)18(23)19-10-14-11-21(7-9-24-14)13-5-6-13/h3-4,8,12-14,16H,5-7,9-11H2,1-2H3,(H,19,23)(H,20,22). The monoisotopic (exact) mass is 349 g/mol. The minimum atomic E-state index is -0.610. The molecule has 7 nitrogen and oxygen atoms in total. The molecule has 2 amide bonds. The fourth-order valence-corrected chi connectivity index (χ4v) is 3.12. The topological polar surface area (TPSA) is 83.8 Å². The first kappa shape index (κ1) is 17.9. The summed E-state index contributed by atoms with van der Waals surface area (Å²) >= 11 is 0. The van der Waals surface area contributed by atoms with Crippen molar-refractivity contribution in [2.45, 2.75) is 44.9 Å². The lowest BCUT2D eigenvalue weighted by Crippen LogP contribution is -2.53. The second kappa shape index (κ2) is 8.01. The van der Waals surface area contributed by atoms with Crippen molar-refractivity contribution >= 4 is 11.8 Å². The van der Waals surface area contributed by atoms with E-state index in [1.807, 2.05) is 13.8 Å². The van der Waals surface area contributed by atoms with Crippen LogP contribution in [-0.2, 0) is 9.53 Å². The first-order valence-electron chi connectivity index (χ1n) is 9.02. The Morgan fingerprint density at radius 3 is 2.80 bits per heavy atom. The molecular weight excluding hydrogens is 322 g/mol. The number of nitrogens with zero attached hydrogens (tertiary/aromatic N) is 1. The lowest BCUT2D eigenvalue weighted by molar-refractivity contribution is -0.125. The number of morpholine rings is 1. The maximum absolute atomic E-state index is 12.5. The Hall–Kier alpha value is -1.86. The highest BCUT2D eigenvalue weighted by atomic mass is 16.5. The van der Waals surface area contributed by atoms with Crippen LogP contribution in [0.4, 0.5) is 0 Å². The van der Waals surface area contributed by atoms with Crippen LogP contribution in [0.1, 0.15) is 37.2 Å². The molecule has 2 aliphatic rings. The zero-order valence-corrected chi connectivity index (χ0v) is 14.9. The van der Waals surface area contributed by atoms with Crippen LogP contribution < -0.4 is 10.6 Å². The number of nitrogens with one attached hydrogen (secondary N) is 2. The molecule has 1 aliphatic carbocycles. The van der Waals surface area contributed by atoms with Crippen molar-refractivity contribution in [2.75, 3.05) is 26.2 Å². The summed E-state index contributed by atoms with van der Waals surface area (Å²) in [6, 6.07) is 3.32. The van der Waals surface area contributed by atoms with Gasteiger partial charge in [0, 0.05) is 25.7 Å². The van der Waals surface area contributed by atoms with Crippen molar-refractivity contribution in [2.24, 2.45) is 5.92 Å². The van der Waals surface area contributed by atoms with E-state index in [1.54, 1.807) is 12.1 Å². The third kappa shape index (κ3) is 4.83. The van der Waals surface area contributed by atoms with Gasteiger partial charge in [0.2, 0.25) is 5.91 Å². The summed E-state index contributed by atoms with van der Waals surface area (Å²) in [5.41, 5.74) is 0. The van der Waals surface area contributed by atoms with E-state index in [1.165, 1.54) is 19.1 Å². The molecule has 1 aliphatic heterocycles. The quantitative estimate of drug-likeness (QED) is 0.768. The molecule has 2 unspecified atom stereocenters. The molecule has 2 N–H and O–H groups in total. The number of hydrogen-bond acceptors (Lipinski definition) is 5. The van der Waals surface area contributed by atoms with Gasteiger partial charge in [0.15, 0.2) is 5.76 Å². The van der Waals surface area contributed by atoms with Crippen molar-refractivity contribution in [3.63, 3.8) is 0 Å². The summed E-state index contributed by atoms with van der Waals surface area (Å²) < 4.78 is 10.8. The van der Waals surface area contributed by atoms with Crippen LogP contribution in [0, 0.1) is 5.92 Å². The number of carbonyl (C=O) groups excluding carboxylic acids is 2. The molecule has 0 spiro atoms. The summed E-state index contributed by atoms with van der Waals surface area (Å²) in [6.07, 6.45) is 3.98. The highest BCUT2D eigenvalue weighted by Gasteiger charge is 2.33. The molecule has 3 rings (SSSR count). The molecule has 2 fully saturated rings. The average molecular weight is 349 g/mol. The zero-order chi connectivity index (χ0) is 17.8. The van der Waals surface area contributed by atoms with E-state index in [0.29, 0.717) is 19.2 Å². The smallest absolute Gasteiger partial charge is 0.287 e. The van der Waals surface area contributed by atoms with Gasteiger partial charge < -0.3 is 19.8 Å². The molecule has 1 saturated heterocycles. The van der Waals surface area contributed by atoms with E-state index in [0.717, 1.165) is 13.1 Å². The average Bonchev–Trinajstić information content (AvgIpc) is 3.31.